The van der Waals surface area contributed by atoms with Gasteiger partial charge in [0.2, 0.25) is 5.79 Å². The fraction of sp³-hybridized carbons (Fsp3) is 0.250. The number of para-hydroxylation sites is 1. The number of rotatable bonds is 9. The van der Waals surface area contributed by atoms with Gasteiger partial charge < -0.3 is 20.1 Å². The van der Waals surface area contributed by atoms with Crippen molar-refractivity contribution in [3.05, 3.63) is 87.4 Å². The van der Waals surface area contributed by atoms with Gasteiger partial charge in [-0.25, -0.2) is 18.9 Å². The van der Waals surface area contributed by atoms with E-state index in [4.69, 9.17) is 16.3 Å². The highest BCUT2D eigenvalue weighted by Crippen LogP contribution is 2.34. The summed E-state index contributed by atoms with van der Waals surface area (Å²) in [7, 11) is 1.29. The highest BCUT2D eigenvalue weighted by molar-refractivity contribution is 9.10. The van der Waals surface area contributed by atoms with Crippen molar-refractivity contribution in [1.82, 2.24) is 4.90 Å². The minimum absolute atomic E-state index is 0.0546. The van der Waals surface area contributed by atoms with Crippen LogP contribution in [0, 0.1) is 0 Å². The van der Waals surface area contributed by atoms with Gasteiger partial charge in [-0.3, -0.25) is 4.79 Å². The van der Waals surface area contributed by atoms with Gasteiger partial charge in [0.15, 0.2) is 5.78 Å². The van der Waals surface area contributed by atoms with Crippen molar-refractivity contribution in [2.75, 3.05) is 31.0 Å². The van der Waals surface area contributed by atoms with E-state index in [1.54, 1.807) is 54.6 Å². The molecule has 1 aliphatic rings. The monoisotopic (exact) mass is 617 g/mol. The van der Waals surface area contributed by atoms with Crippen LogP contribution in [0.3, 0.4) is 0 Å². The molecule has 1 aliphatic heterocycles. The van der Waals surface area contributed by atoms with Crippen LogP contribution >= 0.6 is 27.5 Å². The summed E-state index contributed by atoms with van der Waals surface area (Å²) in [5.41, 5.74) is 1.82. The summed E-state index contributed by atoms with van der Waals surface area (Å²) in [6, 6.07) is 17.7. The van der Waals surface area contributed by atoms with Crippen molar-refractivity contribution in [2.24, 2.45) is 0 Å². The van der Waals surface area contributed by atoms with Gasteiger partial charge in [-0.15, -0.1) is 0 Å². The lowest BCUT2D eigenvalue weighted by Crippen LogP contribution is -2.49. The Hall–Kier alpha value is -3.47. The van der Waals surface area contributed by atoms with E-state index < -0.39 is 23.6 Å². The number of carbonyl (C=O) groups is 3. The van der Waals surface area contributed by atoms with Gasteiger partial charge in [0.05, 0.1) is 29.1 Å². The number of ketones is 1. The number of methoxy groups -OCH3 is 1. The number of nitrogens with zero attached hydrogens (tertiary/aromatic N) is 1. The molecular formula is C28H26BrClFN3O5. The Kier molecular flexibility index (Phi) is 9.21. The maximum atomic E-state index is 15.9. The molecule has 3 aromatic rings. The zero-order valence-corrected chi connectivity index (χ0v) is 23.4. The zero-order valence-electron chi connectivity index (χ0n) is 21.0. The number of likely N-dealkylation sites (tertiary alicyclic amines) is 1. The first kappa shape index (κ1) is 28.5. The molecule has 2 amide bonds. The van der Waals surface area contributed by atoms with Crippen LogP contribution in [0.25, 0.3) is 0 Å². The molecule has 204 valence electrons. The molecule has 0 spiro atoms. The molecular weight excluding hydrogens is 593 g/mol. The van der Waals surface area contributed by atoms with Gasteiger partial charge in [-0.2, -0.15) is 0 Å². The summed E-state index contributed by atoms with van der Waals surface area (Å²) >= 11 is 9.72. The number of hydrogen-bond donors (Lipinski definition) is 2. The van der Waals surface area contributed by atoms with Gasteiger partial charge in [-0.05, 0) is 76.4 Å². The maximum Gasteiger partial charge on any atom is 0.337 e. The number of anilines is 2. The Labute approximate surface area is 238 Å². The van der Waals surface area contributed by atoms with Gasteiger partial charge >= 0.3 is 12.0 Å². The van der Waals surface area contributed by atoms with E-state index in [1.807, 2.05) is 6.07 Å². The Balaban J connectivity index is 1.35. The van der Waals surface area contributed by atoms with E-state index in [9.17, 15) is 14.4 Å². The van der Waals surface area contributed by atoms with Crippen LogP contribution in [-0.2, 0) is 16.0 Å². The normalized spacial score (nSPS) is 16.9. The third-order valence-corrected chi connectivity index (χ3v) is 7.30. The Morgan fingerprint density at radius 1 is 1.05 bits per heavy atom. The quantitative estimate of drug-likeness (QED) is 0.212. The van der Waals surface area contributed by atoms with Crippen LogP contribution in [0.15, 0.2) is 71.2 Å². The fourth-order valence-electron chi connectivity index (χ4n) is 4.21. The molecule has 39 heavy (non-hydrogen) atoms. The molecule has 0 saturated carbocycles. The lowest BCUT2D eigenvalue weighted by Gasteiger charge is -2.29. The van der Waals surface area contributed by atoms with E-state index in [1.165, 1.54) is 18.1 Å². The van der Waals surface area contributed by atoms with Crippen LogP contribution in [0.1, 0.15) is 28.8 Å². The Morgan fingerprint density at radius 3 is 2.46 bits per heavy atom. The molecule has 1 fully saturated rings. The fourth-order valence-corrected chi connectivity index (χ4v) is 4.84. The summed E-state index contributed by atoms with van der Waals surface area (Å²) in [5, 5.41) is 5.61. The molecule has 1 unspecified atom stereocenters. The molecule has 1 heterocycles. The maximum absolute atomic E-state index is 15.9. The topological polar surface area (TPSA) is 97.0 Å². The van der Waals surface area contributed by atoms with Crippen molar-refractivity contribution in [2.45, 2.75) is 25.1 Å². The molecule has 3 aromatic carbocycles. The highest BCUT2D eigenvalue weighted by atomic mass is 79.9. The molecule has 0 bridgehead atoms. The number of amides is 2. The standard InChI is InChI=1S/C28H26BrClFN3O5/c1-38-26(36)19-8-10-20(11-9-19)39-17-34-14-4-13-28(34,31)25(35)16-18-7-12-24(22(30)15-18)33-27(37)32-23-6-3-2-5-21(23)29/h2-3,5-12,15H,4,13-14,16-17H2,1H3,(H2,32,33,37). The average Bonchev–Trinajstić information content (AvgIpc) is 3.31. The predicted molar refractivity (Wildman–Crippen MR) is 150 cm³/mol. The minimum atomic E-state index is -2.18. The lowest BCUT2D eigenvalue weighted by atomic mass is 9.99. The van der Waals surface area contributed by atoms with Crippen molar-refractivity contribution in [3.63, 3.8) is 0 Å². The zero-order chi connectivity index (χ0) is 28.0. The minimum Gasteiger partial charge on any atom is -0.478 e. The second-order valence-electron chi connectivity index (χ2n) is 8.89. The highest BCUT2D eigenvalue weighted by Gasteiger charge is 2.47. The SMILES string of the molecule is COC(=O)c1ccc(OCN2CCCC2(F)C(=O)Cc2ccc(NC(=O)Nc3ccccc3Br)c(Cl)c2)cc1. The number of ether oxygens (including phenoxy) is 2. The molecule has 1 saturated heterocycles. The number of halogens is 3. The van der Waals surface area contributed by atoms with Gasteiger partial charge in [0.25, 0.3) is 0 Å². The first-order valence-electron chi connectivity index (χ1n) is 12.1. The van der Waals surface area contributed by atoms with E-state index >= 15 is 4.39 Å². The third-order valence-electron chi connectivity index (χ3n) is 6.30. The molecule has 1 atom stereocenters. The molecule has 8 nitrogen and oxygen atoms in total. The Morgan fingerprint density at radius 2 is 1.77 bits per heavy atom. The van der Waals surface area contributed by atoms with Crippen LogP contribution in [0.2, 0.25) is 5.02 Å². The van der Waals surface area contributed by atoms with Crippen molar-refractivity contribution >= 4 is 56.7 Å². The van der Waals surface area contributed by atoms with E-state index in [0.29, 0.717) is 41.2 Å². The van der Waals surface area contributed by atoms with E-state index in [-0.39, 0.29) is 24.6 Å². The van der Waals surface area contributed by atoms with E-state index in [0.717, 1.165) is 4.47 Å². The van der Waals surface area contributed by atoms with Crippen molar-refractivity contribution in [3.8, 4) is 5.75 Å². The average molecular weight is 619 g/mol. The summed E-state index contributed by atoms with van der Waals surface area (Å²) in [4.78, 5) is 38.4. The Bertz CT molecular complexity index is 1370. The molecule has 11 heteroatoms. The van der Waals surface area contributed by atoms with Gasteiger partial charge in [0, 0.05) is 23.9 Å². The number of nitrogens with one attached hydrogen (secondary N) is 2. The first-order chi connectivity index (χ1) is 18.7. The first-order valence-corrected chi connectivity index (χ1v) is 13.3. The number of alkyl halides is 1. The van der Waals surface area contributed by atoms with Gasteiger partial charge in [0.1, 0.15) is 12.5 Å². The summed E-state index contributed by atoms with van der Waals surface area (Å²) < 4.78 is 27.0. The number of urea groups is 1. The lowest BCUT2D eigenvalue weighted by molar-refractivity contribution is -0.144. The van der Waals surface area contributed by atoms with Crippen molar-refractivity contribution in [1.29, 1.82) is 0 Å². The molecule has 0 radical (unpaired) electrons. The van der Waals surface area contributed by atoms with E-state index in [2.05, 4.69) is 31.3 Å². The van der Waals surface area contributed by atoms with Crippen LogP contribution < -0.4 is 15.4 Å². The second kappa shape index (κ2) is 12.6. The number of Topliss-reactive ketones (excluding diaryl/α,β-unsaturated/α-hetero) is 1. The number of hydrogen-bond acceptors (Lipinski definition) is 6. The number of benzene rings is 3. The molecule has 0 aromatic heterocycles. The summed E-state index contributed by atoms with van der Waals surface area (Å²) in [5.74, 6) is -2.82. The number of esters is 1. The van der Waals surface area contributed by atoms with Crippen LogP contribution in [0.4, 0.5) is 20.6 Å². The van der Waals surface area contributed by atoms with Crippen LogP contribution in [-0.4, -0.2) is 48.9 Å². The molecule has 2 N–H and O–H groups in total. The van der Waals surface area contributed by atoms with Crippen LogP contribution in [0.5, 0.6) is 5.75 Å². The van der Waals surface area contributed by atoms with Crippen molar-refractivity contribution < 1.29 is 28.2 Å². The third kappa shape index (κ3) is 6.95. The second-order valence-corrected chi connectivity index (χ2v) is 10.2. The smallest absolute Gasteiger partial charge is 0.337 e. The summed E-state index contributed by atoms with van der Waals surface area (Å²) in [6.45, 7) is 0.231. The van der Waals surface area contributed by atoms with Gasteiger partial charge in [-0.1, -0.05) is 29.8 Å². The largest absolute Gasteiger partial charge is 0.478 e. The number of carbonyl (C=O) groups excluding carboxylic acids is 3. The predicted octanol–water partition coefficient (Wildman–Crippen LogP) is 6.44. The summed E-state index contributed by atoms with van der Waals surface area (Å²) in [6.07, 6.45) is 0.381. The molecule has 4 rings (SSSR count). The molecule has 0 aliphatic carbocycles.